The summed E-state index contributed by atoms with van der Waals surface area (Å²) in [5.74, 6) is 1.34. The molecule has 1 aliphatic rings. The van der Waals surface area contributed by atoms with Crippen LogP contribution in [0.15, 0.2) is 41.1 Å². The Bertz CT molecular complexity index is 939. The van der Waals surface area contributed by atoms with Crippen molar-refractivity contribution >= 4 is 16.8 Å². The molecule has 2 heterocycles. The summed E-state index contributed by atoms with van der Waals surface area (Å²) in [4.78, 5) is 16.8. The molecule has 1 N–H and O–H groups in total. The van der Waals surface area contributed by atoms with Gasteiger partial charge >= 0.3 is 0 Å². The van der Waals surface area contributed by atoms with Gasteiger partial charge < -0.3 is 14.6 Å². The van der Waals surface area contributed by atoms with Gasteiger partial charge in [-0.2, -0.15) is 0 Å². The number of hydrogen-bond acceptors (Lipinski definition) is 5. The van der Waals surface area contributed by atoms with Crippen LogP contribution in [0.25, 0.3) is 10.9 Å². The van der Waals surface area contributed by atoms with E-state index in [0.29, 0.717) is 17.0 Å². The van der Waals surface area contributed by atoms with Crippen molar-refractivity contribution in [3.8, 4) is 5.75 Å². The van der Waals surface area contributed by atoms with Crippen LogP contribution in [0.4, 0.5) is 0 Å². The van der Waals surface area contributed by atoms with E-state index in [1.807, 2.05) is 30.3 Å². The van der Waals surface area contributed by atoms with Crippen LogP contribution in [-0.2, 0) is 0 Å². The molecular weight excluding hydrogens is 342 g/mol. The molecule has 6 heteroatoms. The van der Waals surface area contributed by atoms with E-state index in [0.717, 1.165) is 42.3 Å². The van der Waals surface area contributed by atoms with Gasteiger partial charge in [0.2, 0.25) is 0 Å². The first-order chi connectivity index (χ1) is 13.1. The third-order valence-corrected chi connectivity index (χ3v) is 5.15. The van der Waals surface area contributed by atoms with Crippen LogP contribution in [0.5, 0.6) is 5.75 Å². The average Bonchev–Trinajstić information content (AvgIpc) is 3.01. The van der Waals surface area contributed by atoms with Gasteiger partial charge in [-0.05, 0) is 63.8 Å². The Kier molecular flexibility index (Phi) is 4.79. The smallest absolute Gasteiger partial charge is 0.257 e. The second-order valence-electron chi connectivity index (χ2n) is 7.12. The van der Waals surface area contributed by atoms with Gasteiger partial charge in [0.05, 0.1) is 17.3 Å². The van der Waals surface area contributed by atoms with E-state index in [4.69, 9.17) is 9.26 Å². The molecule has 0 aliphatic heterocycles. The number of nitrogens with zero attached hydrogens (tertiary/aromatic N) is 2. The van der Waals surface area contributed by atoms with Crippen molar-refractivity contribution < 1.29 is 14.1 Å². The Balaban J connectivity index is 1.32. The summed E-state index contributed by atoms with van der Waals surface area (Å²) in [7, 11) is 0. The SMILES string of the molecule is Cc1noc(C)c1C(=O)NC1CCC(Oc2ccc3ncccc3c2)CC1. The Hall–Kier alpha value is -2.89. The van der Waals surface area contributed by atoms with Gasteiger partial charge in [-0.25, -0.2) is 0 Å². The summed E-state index contributed by atoms with van der Waals surface area (Å²) in [6.45, 7) is 3.55. The third kappa shape index (κ3) is 3.79. The first-order valence-corrected chi connectivity index (χ1v) is 9.35. The summed E-state index contributed by atoms with van der Waals surface area (Å²) in [5.41, 5.74) is 2.15. The maximum Gasteiger partial charge on any atom is 0.257 e. The molecule has 140 valence electrons. The van der Waals surface area contributed by atoms with Gasteiger partial charge in [-0.15, -0.1) is 0 Å². The van der Waals surface area contributed by atoms with Crippen molar-refractivity contribution in [2.24, 2.45) is 0 Å². The zero-order valence-electron chi connectivity index (χ0n) is 15.6. The Morgan fingerprint density at radius 1 is 1.19 bits per heavy atom. The predicted molar refractivity (Wildman–Crippen MR) is 102 cm³/mol. The number of carbonyl (C=O) groups excluding carboxylic acids is 1. The number of aromatic nitrogens is 2. The van der Waals surface area contributed by atoms with Crippen LogP contribution >= 0.6 is 0 Å². The first-order valence-electron chi connectivity index (χ1n) is 9.35. The number of rotatable bonds is 4. The lowest BCUT2D eigenvalue weighted by atomic mass is 9.92. The van der Waals surface area contributed by atoms with Gasteiger partial charge in [0.15, 0.2) is 0 Å². The number of aryl methyl sites for hydroxylation is 2. The lowest BCUT2D eigenvalue weighted by Crippen LogP contribution is -2.40. The van der Waals surface area contributed by atoms with E-state index in [9.17, 15) is 4.79 Å². The van der Waals surface area contributed by atoms with Crippen LogP contribution in [0.3, 0.4) is 0 Å². The van der Waals surface area contributed by atoms with E-state index >= 15 is 0 Å². The highest BCUT2D eigenvalue weighted by Gasteiger charge is 2.26. The molecule has 1 aliphatic carbocycles. The molecule has 0 bridgehead atoms. The summed E-state index contributed by atoms with van der Waals surface area (Å²) in [6.07, 6.45) is 5.59. The Morgan fingerprint density at radius 2 is 2.00 bits per heavy atom. The fourth-order valence-corrected chi connectivity index (χ4v) is 3.71. The molecule has 4 rings (SSSR count). The van der Waals surface area contributed by atoms with Crippen LogP contribution in [-0.4, -0.2) is 28.2 Å². The summed E-state index contributed by atoms with van der Waals surface area (Å²) < 4.78 is 11.2. The molecule has 0 unspecified atom stereocenters. The number of carbonyl (C=O) groups is 1. The standard InChI is InChI=1S/C21H23N3O3/c1-13-20(14(2)27-24-13)21(25)23-16-5-7-17(8-6-16)26-18-9-10-19-15(12-18)4-3-11-22-19/h3-4,9-12,16-17H,5-8H2,1-2H3,(H,23,25). The van der Waals surface area contributed by atoms with Crippen LogP contribution < -0.4 is 10.1 Å². The number of ether oxygens (including phenoxy) is 1. The quantitative estimate of drug-likeness (QED) is 0.757. The van der Waals surface area contributed by atoms with Crippen LogP contribution in [0.2, 0.25) is 0 Å². The van der Waals surface area contributed by atoms with Gasteiger partial charge in [0, 0.05) is 17.6 Å². The van der Waals surface area contributed by atoms with Gasteiger partial charge in [-0.1, -0.05) is 11.2 Å². The predicted octanol–water partition coefficient (Wildman–Crippen LogP) is 3.96. The zero-order chi connectivity index (χ0) is 18.8. The number of pyridine rings is 1. The highest BCUT2D eigenvalue weighted by atomic mass is 16.5. The van der Waals surface area contributed by atoms with Crippen LogP contribution in [0.1, 0.15) is 47.5 Å². The minimum Gasteiger partial charge on any atom is -0.490 e. The summed E-state index contributed by atoms with van der Waals surface area (Å²) in [5, 5.41) is 8.04. The van der Waals surface area contributed by atoms with Crippen molar-refractivity contribution in [3.63, 3.8) is 0 Å². The maximum absolute atomic E-state index is 12.5. The topological polar surface area (TPSA) is 77.2 Å². The number of hydrogen-bond donors (Lipinski definition) is 1. The fourth-order valence-electron chi connectivity index (χ4n) is 3.71. The van der Waals surface area contributed by atoms with E-state index in [1.165, 1.54) is 0 Å². The zero-order valence-corrected chi connectivity index (χ0v) is 15.6. The Labute approximate surface area is 157 Å². The highest BCUT2D eigenvalue weighted by Crippen LogP contribution is 2.26. The summed E-state index contributed by atoms with van der Waals surface area (Å²) in [6, 6.07) is 10.1. The molecule has 1 aromatic carbocycles. The lowest BCUT2D eigenvalue weighted by Gasteiger charge is -2.29. The minimum atomic E-state index is -0.0994. The molecule has 1 amide bonds. The molecule has 2 aromatic heterocycles. The van der Waals surface area contributed by atoms with Crippen LogP contribution in [0, 0.1) is 13.8 Å². The van der Waals surface area contributed by atoms with E-state index < -0.39 is 0 Å². The number of amides is 1. The van der Waals surface area contributed by atoms with Crippen molar-refractivity contribution in [3.05, 3.63) is 53.5 Å². The van der Waals surface area contributed by atoms with Gasteiger partial charge in [-0.3, -0.25) is 9.78 Å². The summed E-state index contributed by atoms with van der Waals surface area (Å²) >= 11 is 0. The van der Waals surface area contributed by atoms with E-state index in [-0.39, 0.29) is 18.1 Å². The van der Waals surface area contributed by atoms with E-state index in [1.54, 1.807) is 20.0 Å². The fraction of sp³-hybridized carbons (Fsp3) is 0.381. The lowest BCUT2D eigenvalue weighted by molar-refractivity contribution is 0.0892. The molecule has 1 fully saturated rings. The number of benzene rings is 1. The second-order valence-corrected chi connectivity index (χ2v) is 7.12. The van der Waals surface area contributed by atoms with E-state index in [2.05, 4.69) is 15.5 Å². The monoisotopic (exact) mass is 365 g/mol. The molecule has 0 atom stereocenters. The molecular formula is C21H23N3O3. The molecule has 0 spiro atoms. The second kappa shape index (κ2) is 7.39. The number of nitrogens with one attached hydrogen (secondary N) is 1. The molecule has 3 aromatic rings. The largest absolute Gasteiger partial charge is 0.490 e. The van der Waals surface area contributed by atoms with Gasteiger partial charge in [0.1, 0.15) is 17.1 Å². The highest BCUT2D eigenvalue weighted by molar-refractivity contribution is 5.96. The third-order valence-electron chi connectivity index (χ3n) is 5.15. The normalized spacial score (nSPS) is 19.8. The average molecular weight is 365 g/mol. The maximum atomic E-state index is 12.5. The molecule has 6 nitrogen and oxygen atoms in total. The first kappa shape index (κ1) is 17.5. The van der Waals surface area contributed by atoms with Crippen molar-refractivity contribution in [1.82, 2.24) is 15.5 Å². The van der Waals surface area contributed by atoms with Gasteiger partial charge in [0.25, 0.3) is 5.91 Å². The molecule has 1 saturated carbocycles. The Morgan fingerprint density at radius 3 is 2.74 bits per heavy atom. The molecule has 0 saturated heterocycles. The van der Waals surface area contributed by atoms with Crippen molar-refractivity contribution in [2.45, 2.75) is 51.7 Å². The molecule has 27 heavy (non-hydrogen) atoms. The number of fused-ring (bicyclic) bond motifs is 1. The van der Waals surface area contributed by atoms with Crippen molar-refractivity contribution in [2.75, 3.05) is 0 Å². The molecule has 0 radical (unpaired) electrons. The minimum absolute atomic E-state index is 0.0994. The van der Waals surface area contributed by atoms with Crippen molar-refractivity contribution in [1.29, 1.82) is 0 Å².